The fourth-order valence-electron chi connectivity index (χ4n) is 0.871. The normalized spacial score (nSPS) is 8.43. The van der Waals surface area contributed by atoms with Crippen molar-refractivity contribution in [3.05, 3.63) is 35.4 Å². The maximum absolute atomic E-state index is 11.2. The Morgan fingerprint density at radius 2 is 2.07 bits per heavy atom. The first-order chi connectivity index (χ1) is 6.77. The molecule has 68 valence electrons. The van der Waals surface area contributed by atoms with Gasteiger partial charge in [0.15, 0.2) is 6.61 Å². The molecule has 0 aliphatic carbocycles. The van der Waals surface area contributed by atoms with Gasteiger partial charge in [0.2, 0.25) is 0 Å². The summed E-state index contributed by atoms with van der Waals surface area (Å²) >= 11 is 0. The molecule has 1 aromatic rings. The third-order valence-corrected chi connectivity index (χ3v) is 1.54. The maximum Gasteiger partial charge on any atom is 0.339 e. The molecule has 0 saturated carbocycles. The minimum atomic E-state index is -0.479. The lowest BCUT2D eigenvalue weighted by Gasteiger charge is -1.99. The highest BCUT2D eigenvalue weighted by molar-refractivity contribution is 5.89. The predicted octanol–water partition coefficient (Wildman–Crippen LogP) is 1.35. The van der Waals surface area contributed by atoms with Crippen molar-refractivity contribution in [3.63, 3.8) is 0 Å². The Balaban J connectivity index is 2.74. The van der Waals surface area contributed by atoms with E-state index in [4.69, 9.17) is 16.4 Å². The third kappa shape index (κ3) is 2.36. The van der Waals surface area contributed by atoms with Crippen LogP contribution in [0.4, 0.5) is 0 Å². The lowest BCUT2D eigenvalue weighted by molar-refractivity contribution is 0.0557. The number of terminal acetylenes is 1. The summed E-state index contributed by atoms with van der Waals surface area (Å²) in [6.45, 7) is -0.0428. The SMILES string of the molecule is C#CCOC(=O)c1ccc(C#N)cc1. The van der Waals surface area contributed by atoms with Gasteiger partial charge >= 0.3 is 5.97 Å². The van der Waals surface area contributed by atoms with Crippen molar-refractivity contribution in [1.82, 2.24) is 0 Å². The summed E-state index contributed by atoms with van der Waals surface area (Å²) in [4.78, 5) is 11.2. The molecule has 0 bridgehead atoms. The number of hydrogen-bond donors (Lipinski definition) is 0. The van der Waals surface area contributed by atoms with Crippen molar-refractivity contribution in [2.24, 2.45) is 0 Å². The Kier molecular flexibility index (Phi) is 3.29. The van der Waals surface area contributed by atoms with Crippen LogP contribution in [0.25, 0.3) is 0 Å². The number of rotatable bonds is 2. The predicted molar refractivity (Wildman–Crippen MR) is 50.3 cm³/mol. The van der Waals surface area contributed by atoms with Crippen LogP contribution in [0.3, 0.4) is 0 Å². The molecule has 0 radical (unpaired) electrons. The van der Waals surface area contributed by atoms with Gasteiger partial charge in [0.05, 0.1) is 17.2 Å². The summed E-state index contributed by atoms with van der Waals surface area (Å²) in [5, 5.41) is 8.52. The monoisotopic (exact) mass is 185 g/mol. The van der Waals surface area contributed by atoms with E-state index in [1.54, 1.807) is 12.1 Å². The zero-order chi connectivity index (χ0) is 10.4. The van der Waals surface area contributed by atoms with Crippen molar-refractivity contribution in [1.29, 1.82) is 5.26 Å². The molecule has 0 fully saturated rings. The van der Waals surface area contributed by atoms with Crippen molar-refractivity contribution in [2.75, 3.05) is 6.61 Å². The van der Waals surface area contributed by atoms with Crippen LogP contribution in [-0.4, -0.2) is 12.6 Å². The fourth-order valence-corrected chi connectivity index (χ4v) is 0.871. The maximum atomic E-state index is 11.2. The Morgan fingerprint density at radius 1 is 1.43 bits per heavy atom. The molecule has 0 saturated heterocycles. The van der Waals surface area contributed by atoms with Gasteiger partial charge in [-0.1, -0.05) is 5.92 Å². The van der Waals surface area contributed by atoms with Crippen LogP contribution in [0.2, 0.25) is 0 Å². The molecule has 0 atom stereocenters. The van der Waals surface area contributed by atoms with Gasteiger partial charge in [0, 0.05) is 0 Å². The fraction of sp³-hybridized carbons (Fsp3) is 0.0909. The van der Waals surface area contributed by atoms with Crippen LogP contribution in [0.5, 0.6) is 0 Å². The Hall–Kier alpha value is -2.26. The van der Waals surface area contributed by atoms with E-state index in [0.29, 0.717) is 11.1 Å². The largest absolute Gasteiger partial charge is 0.449 e. The van der Waals surface area contributed by atoms with Crippen molar-refractivity contribution in [3.8, 4) is 18.4 Å². The number of ether oxygens (including phenoxy) is 1. The number of hydrogen-bond acceptors (Lipinski definition) is 3. The average Bonchev–Trinajstić information content (AvgIpc) is 2.26. The minimum absolute atomic E-state index is 0.0428. The Bertz CT molecular complexity index is 406. The summed E-state index contributed by atoms with van der Waals surface area (Å²) in [5.74, 6) is 1.72. The molecular weight excluding hydrogens is 178 g/mol. The van der Waals surface area contributed by atoms with E-state index in [-0.39, 0.29) is 6.61 Å². The van der Waals surface area contributed by atoms with Gasteiger partial charge in [-0.3, -0.25) is 0 Å². The van der Waals surface area contributed by atoms with Crippen molar-refractivity contribution < 1.29 is 9.53 Å². The standard InChI is InChI=1S/C11H7NO2/c1-2-7-14-11(13)10-5-3-9(8-12)4-6-10/h1,3-6H,7H2. The quantitative estimate of drug-likeness (QED) is 0.516. The lowest BCUT2D eigenvalue weighted by atomic mass is 10.1. The van der Waals surface area contributed by atoms with Crippen LogP contribution < -0.4 is 0 Å². The highest BCUT2D eigenvalue weighted by Crippen LogP contribution is 2.04. The second kappa shape index (κ2) is 4.69. The van der Waals surface area contributed by atoms with E-state index in [2.05, 4.69) is 5.92 Å². The summed E-state index contributed by atoms with van der Waals surface area (Å²) in [5.41, 5.74) is 0.887. The van der Waals surface area contributed by atoms with E-state index >= 15 is 0 Å². The van der Waals surface area contributed by atoms with E-state index in [9.17, 15) is 4.79 Å². The highest BCUT2D eigenvalue weighted by atomic mass is 16.5. The number of nitrogens with zero attached hydrogens (tertiary/aromatic N) is 1. The van der Waals surface area contributed by atoms with Gasteiger partial charge in [-0.2, -0.15) is 5.26 Å². The molecule has 0 aromatic heterocycles. The van der Waals surface area contributed by atoms with Crippen molar-refractivity contribution >= 4 is 5.97 Å². The second-order valence-electron chi connectivity index (χ2n) is 2.47. The number of esters is 1. The van der Waals surface area contributed by atoms with E-state index in [1.807, 2.05) is 6.07 Å². The molecule has 0 spiro atoms. The Labute approximate surface area is 81.9 Å². The first-order valence-electron chi connectivity index (χ1n) is 3.88. The first-order valence-corrected chi connectivity index (χ1v) is 3.88. The zero-order valence-electron chi connectivity index (χ0n) is 7.36. The summed E-state index contributed by atoms with van der Waals surface area (Å²) in [6, 6.07) is 8.10. The minimum Gasteiger partial charge on any atom is -0.449 e. The molecular formula is C11H7NO2. The van der Waals surface area contributed by atoms with E-state index in [0.717, 1.165) is 0 Å². The lowest BCUT2D eigenvalue weighted by Crippen LogP contribution is -2.04. The summed E-state index contributed by atoms with van der Waals surface area (Å²) in [6.07, 6.45) is 4.93. The molecule has 3 nitrogen and oxygen atoms in total. The molecule has 1 aromatic carbocycles. The van der Waals surface area contributed by atoms with Gasteiger partial charge < -0.3 is 4.74 Å². The van der Waals surface area contributed by atoms with Crippen LogP contribution in [0.1, 0.15) is 15.9 Å². The number of carbonyl (C=O) groups excluding carboxylic acids is 1. The molecule has 0 aliphatic rings. The molecule has 1 rings (SSSR count). The summed E-state index contributed by atoms with van der Waals surface area (Å²) < 4.78 is 4.69. The van der Waals surface area contributed by atoms with Crippen LogP contribution in [-0.2, 0) is 4.74 Å². The molecule has 0 amide bonds. The van der Waals surface area contributed by atoms with Gasteiger partial charge in [0.1, 0.15) is 0 Å². The van der Waals surface area contributed by atoms with Gasteiger partial charge in [0.25, 0.3) is 0 Å². The highest BCUT2D eigenvalue weighted by Gasteiger charge is 2.05. The average molecular weight is 185 g/mol. The number of nitriles is 1. The zero-order valence-corrected chi connectivity index (χ0v) is 7.36. The molecule has 0 N–H and O–H groups in total. The first kappa shape index (κ1) is 9.83. The molecule has 14 heavy (non-hydrogen) atoms. The number of benzene rings is 1. The van der Waals surface area contributed by atoms with Crippen LogP contribution in [0, 0.1) is 23.7 Å². The number of carbonyl (C=O) groups is 1. The van der Waals surface area contributed by atoms with E-state index in [1.165, 1.54) is 12.1 Å². The van der Waals surface area contributed by atoms with Gasteiger partial charge in [-0.05, 0) is 24.3 Å². The smallest absolute Gasteiger partial charge is 0.339 e. The van der Waals surface area contributed by atoms with Gasteiger partial charge in [-0.25, -0.2) is 4.79 Å². The topological polar surface area (TPSA) is 50.1 Å². The molecule has 0 unspecified atom stereocenters. The summed E-state index contributed by atoms with van der Waals surface area (Å²) in [7, 11) is 0. The van der Waals surface area contributed by atoms with Crippen molar-refractivity contribution in [2.45, 2.75) is 0 Å². The van der Waals surface area contributed by atoms with Gasteiger partial charge in [-0.15, -0.1) is 6.42 Å². The second-order valence-corrected chi connectivity index (χ2v) is 2.47. The van der Waals surface area contributed by atoms with E-state index < -0.39 is 5.97 Å². The molecule has 0 heterocycles. The van der Waals surface area contributed by atoms with Crippen LogP contribution in [0.15, 0.2) is 24.3 Å². The molecule has 3 heteroatoms. The third-order valence-electron chi connectivity index (χ3n) is 1.54. The van der Waals surface area contributed by atoms with Crippen LogP contribution >= 0.6 is 0 Å². The Morgan fingerprint density at radius 3 is 2.57 bits per heavy atom. The molecule has 0 aliphatic heterocycles.